The van der Waals surface area contributed by atoms with Gasteiger partial charge in [0.1, 0.15) is 0 Å². The summed E-state index contributed by atoms with van der Waals surface area (Å²) in [6, 6.07) is 7.37. The molecule has 5 nitrogen and oxygen atoms in total. The van der Waals surface area contributed by atoms with Crippen LogP contribution in [0.4, 0.5) is 11.6 Å². The summed E-state index contributed by atoms with van der Waals surface area (Å²) in [6.07, 6.45) is 3.25. The summed E-state index contributed by atoms with van der Waals surface area (Å²) in [5, 5.41) is 2.67. The van der Waals surface area contributed by atoms with Crippen molar-refractivity contribution in [1.82, 2.24) is 9.97 Å². The van der Waals surface area contributed by atoms with E-state index in [1.807, 2.05) is 31.1 Å². The average molecular weight is 230 g/mol. The second kappa shape index (κ2) is 4.69. The molecule has 0 aliphatic carbocycles. The fourth-order valence-electron chi connectivity index (χ4n) is 1.42. The summed E-state index contributed by atoms with van der Waals surface area (Å²) in [5.74, 6) is 0.275. The molecule has 0 saturated carbocycles. The van der Waals surface area contributed by atoms with Gasteiger partial charge in [-0.05, 0) is 24.3 Å². The number of aromatic amines is 1. The fourth-order valence-corrected chi connectivity index (χ4v) is 1.42. The van der Waals surface area contributed by atoms with Gasteiger partial charge in [-0.1, -0.05) is 0 Å². The van der Waals surface area contributed by atoms with E-state index < -0.39 is 0 Å². The van der Waals surface area contributed by atoms with Crippen molar-refractivity contribution in [2.75, 3.05) is 24.3 Å². The van der Waals surface area contributed by atoms with E-state index in [9.17, 15) is 4.79 Å². The Bertz CT molecular complexity index is 488. The number of nitrogens with zero attached hydrogens (tertiary/aromatic N) is 2. The molecule has 0 unspecified atom stereocenters. The first-order chi connectivity index (χ1) is 8.16. The molecule has 0 fully saturated rings. The molecule has 0 bridgehead atoms. The Morgan fingerprint density at radius 2 is 2.00 bits per heavy atom. The van der Waals surface area contributed by atoms with Crippen molar-refractivity contribution < 1.29 is 4.79 Å². The zero-order chi connectivity index (χ0) is 12.3. The van der Waals surface area contributed by atoms with Crippen LogP contribution in [0.1, 0.15) is 10.4 Å². The molecule has 0 spiro atoms. The zero-order valence-electron chi connectivity index (χ0n) is 9.77. The molecule has 5 heteroatoms. The maximum absolute atomic E-state index is 11.8. The van der Waals surface area contributed by atoms with E-state index in [-0.39, 0.29) is 5.91 Å². The van der Waals surface area contributed by atoms with Crippen LogP contribution in [0.25, 0.3) is 0 Å². The van der Waals surface area contributed by atoms with Gasteiger partial charge in [0.15, 0.2) is 0 Å². The maximum Gasteiger partial charge on any atom is 0.257 e. The lowest BCUT2D eigenvalue weighted by atomic mass is 10.2. The van der Waals surface area contributed by atoms with Crippen molar-refractivity contribution in [2.24, 2.45) is 0 Å². The maximum atomic E-state index is 11.8. The molecule has 2 rings (SSSR count). The number of anilines is 2. The van der Waals surface area contributed by atoms with E-state index >= 15 is 0 Å². The van der Waals surface area contributed by atoms with E-state index in [4.69, 9.17) is 0 Å². The SMILES string of the molecule is CN(C)c1ccc(C(=O)Nc2ncc[nH]2)cc1. The first-order valence-corrected chi connectivity index (χ1v) is 5.25. The molecule has 0 aliphatic heterocycles. The van der Waals surface area contributed by atoms with Crippen LogP contribution in [-0.4, -0.2) is 30.0 Å². The van der Waals surface area contributed by atoms with Gasteiger partial charge in [0.05, 0.1) is 0 Å². The second-order valence-electron chi connectivity index (χ2n) is 3.83. The van der Waals surface area contributed by atoms with E-state index in [1.165, 1.54) is 0 Å². The Kier molecular flexibility index (Phi) is 3.09. The van der Waals surface area contributed by atoms with Crippen molar-refractivity contribution >= 4 is 17.5 Å². The summed E-state index contributed by atoms with van der Waals surface area (Å²) >= 11 is 0. The molecule has 88 valence electrons. The van der Waals surface area contributed by atoms with Crippen molar-refractivity contribution in [3.63, 3.8) is 0 Å². The predicted molar refractivity (Wildman–Crippen MR) is 67.3 cm³/mol. The molecule has 17 heavy (non-hydrogen) atoms. The molecule has 1 heterocycles. The van der Waals surface area contributed by atoms with Crippen molar-refractivity contribution in [3.8, 4) is 0 Å². The van der Waals surface area contributed by atoms with Crippen molar-refractivity contribution in [3.05, 3.63) is 42.2 Å². The van der Waals surface area contributed by atoms with Crippen LogP contribution in [-0.2, 0) is 0 Å². The summed E-state index contributed by atoms with van der Waals surface area (Å²) in [5.41, 5.74) is 1.66. The normalized spacial score (nSPS) is 10.0. The Morgan fingerprint density at radius 1 is 1.29 bits per heavy atom. The number of amides is 1. The lowest BCUT2D eigenvalue weighted by Gasteiger charge is -2.12. The highest BCUT2D eigenvalue weighted by Gasteiger charge is 2.07. The number of carbonyl (C=O) groups is 1. The van der Waals surface area contributed by atoms with Gasteiger partial charge in [-0.2, -0.15) is 0 Å². The minimum absolute atomic E-state index is 0.176. The topological polar surface area (TPSA) is 61.0 Å². The molecule has 1 aromatic carbocycles. The van der Waals surface area contributed by atoms with Gasteiger partial charge in [0, 0.05) is 37.7 Å². The minimum Gasteiger partial charge on any atom is -0.378 e. The second-order valence-corrected chi connectivity index (χ2v) is 3.83. The molecule has 0 radical (unpaired) electrons. The molecule has 1 aromatic heterocycles. The molecular weight excluding hydrogens is 216 g/mol. The van der Waals surface area contributed by atoms with Gasteiger partial charge in [-0.25, -0.2) is 4.98 Å². The number of imidazole rings is 1. The van der Waals surface area contributed by atoms with E-state index in [1.54, 1.807) is 24.5 Å². The Hall–Kier alpha value is -2.30. The first kappa shape index (κ1) is 11.2. The van der Waals surface area contributed by atoms with Gasteiger partial charge in [0.25, 0.3) is 5.91 Å². The number of H-pyrrole nitrogens is 1. The van der Waals surface area contributed by atoms with Crippen LogP contribution in [0, 0.1) is 0 Å². The zero-order valence-corrected chi connectivity index (χ0v) is 9.77. The first-order valence-electron chi connectivity index (χ1n) is 5.25. The molecule has 0 aliphatic rings. The van der Waals surface area contributed by atoms with Gasteiger partial charge in [-0.3, -0.25) is 10.1 Å². The molecule has 2 N–H and O–H groups in total. The quantitative estimate of drug-likeness (QED) is 0.844. The number of nitrogens with one attached hydrogen (secondary N) is 2. The van der Waals surface area contributed by atoms with Crippen LogP contribution in [0.5, 0.6) is 0 Å². The highest BCUT2D eigenvalue weighted by molar-refractivity contribution is 6.03. The van der Waals surface area contributed by atoms with Gasteiger partial charge < -0.3 is 9.88 Å². The minimum atomic E-state index is -0.176. The standard InChI is InChI=1S/C12H14N4O/c1-16(2)10-5-3-9(4-6-10)11(17)15-12-13-7-8-14-12/h3-8H,1-2H3,(H2,13,14,15,17). The third-order valence-electron chi connectivity index (χ3n) is 2.38. The lowest BCUT2D eigenvalue weighted by molar-refractivity contribution is 0.102. The highest BCUT2D eigenvalue weighted by atomic mass is 16.1. The smallest absolute Gasteiger partial charge is 0.257 e. The van der Waals surface area contributed by atoms with Crippen LogP contribution in [0.3, 0.4) is 0 Å². The molecule has 2 aromatic rings. The van der Waals surface area contributed by atoms with E-state index in [0.717, 1.165) is 5.69 Å². The van der Waals surface area contributed by atoms with Gasteiger partial charge >= 0.3 is 0 Å². The average Bonchev–Trinajstić information content (AvgIpc) is 2.82. The lowest BCUT2D eigenvalue weighted by Crippen LogP contribution is -2.13. The Labute approximate surface area is 99.5 Å². The summed E-state index contributed by atoms with van der Waals surface area (Å²) in [7, 11) is 3.91. The third kappa shape index (κ3) is 2.63. The fraction of sp³-hybridized carbons (Fsp3) is 0.167. The summed E-state index contributed by atoms with van der Waals surface area (Å²) < 4.78 is 0. The third-order valence-corrected chi connectivity index (χ3v) is 2.38. The number of benzene rings is 1. The number of carbonyl (C=O) groups excluding carboxylic acids is 1. The molecule has 0 atom stereocenters. The highest BCUT2D eigenvalue weighted by Crippen LogP contribution is 2.12. The largest absolute Gasteiger partial charge is 0.378 e. The van der Waals surface area contributed by atoms with Crippen molar-refractivity contribution in [2.45, 2.75) is 0 Å². The van der Waals surface area contributed by atoms with Gasteiger partial charge in [-0.15, -0.1) is 0 Å². The Morgan fingerprint density at radius 3 is 2.53 bits per heavy atom. The van der Waals surface area contributed by atoms with Crippen molar-refractivity contribution in [1.29, 1.82) is 0 Å². The van der Waals surface area contributed by atoms with Crippen LogP contribution in [0.15, 0.2) is 36.7 Å². The number of hydrogen-bond acceptors (Lipinski definition) is 3. The predicted octanol–water partition coefficient (Wildman–Crippen LogP) is 1.73. The van der Waals surface area contributed by atoms with Crippen LogP contribution < -0.4 is 10.2 Å². The molecule has 1 amide bonds. The number of aromatic nitrogens is 2. The number of hydrogen-bond donors (Lipinski definition) is 2. The van der Waals surface area contributed by atoms with Gasteiger partial charge in [0.2, 0.25) is 5.95 Å². The van der Waals surface area contributed by atoms with Crippen LogP contribution in [0.2, 0.25) is 0 Å². The van der Waals surface area contributed by atoms with E-state index in [2.05, 4.69) is 15.3 Å². The monoisotopic (exact) mass is 230 g/mol. The summed E-state index contributed by atoms with van der Waals surface area (Å²) in [4.78, 5) is 20.5. The summed E-state index contributed by atoms with van der Waals surface area (Å²) in [6.45, 7) is 0. The Balaban J connectivity index is 2.09. The number of rotatable bonds is 3. The van der Waals surface area contributed by atoms with E-state index in [0.29, 0.717) is 11.5 Å². The molecule has 0 saturated heterocycles. The van der Waals surface area contributed by atoms with Crippen LogP contribution >= 0.6 is 0 Å². The molecular formula is C12H14N4O.